The summed E-state index contributed by atoms with van der Waals surface area (Å²) in [6.45, 7) is 3.36. The molecule has 0 spiro atoms. The van der Waals surface area contributed by atoms with Gasteiger partial charge in [-0.3, -0.25) is 0 Å². The Labute approximate surface area is 127 Å². The predicted octanol–water partition coefficient (Wildman–Crippen LogP) is 1.12. The predicted molar refractivity (Wildman–Crippen MR) is 79.6 cm³/mol. The second-order valence-electron chi connectivity index (χ2n) is 5.31. The fourth-order valence-electron chi connectivity index (χ4n) is 2.30. The molecule has 0 bridgehead atoms. The molecule has 7 nitrogen and oxygen atoms in total. The van der Waals surface area contributed by atoms with Gasteiger partial charge >= 0.3 is 12.0 Å². The van der Waals surface area contributed by atoms with Gasteiger partial charge in [0, 0.05) is 24.0 Å². The van der Waals surface area contributed by atoms with Gasteiger partial charge in [0.1, 0.15) is 5.01 Å². The van der Waals surface area contributed by atoms with Crippen LogP contribution in [-0.4, -0.2) is 52.7 Å². The number of likely N-dealkylation sites (tertiary alicyclic amines) is 1. The Hall–Kier alpha value is -1.67. The lowest BCUT2D eigenvalue weighted by atomic mass is 9.99. The number of piperidine rings is 1. The molecule has 0 saturated carbocycles. The molecule has 1 saturated heterocycles. The van der Waals surface area contributed by atoms with Crippen LogP contribution in [0.2, 0.25) is 0 Å². The summed E-state index contributed by atoms with van der Waals surface area (Å²) in [5.41, 5.74) is 0.0151. The van der Waals surface area contributed by atoms with E-state index in [9.17, 15) is 9.59 Å². The van der Waals surface area contributed by atoms with E-state index in [1.54, 1.807) is 0 Å². The lowest BCUT2D eigenvalue weighted by Crippen LogP contribution is -2.49. The van der Waals surface area contributed by atoms with Crippen LogP contribution in [0.5, 0.6) is 0 Å². The lowest BCUT2D eigenvalue weighted by molar-refractivity contribution is 0.0691. The second kappa shape index (κ2) is 6.86. The zero-order valence-electron chi connectivity index (χ0n) is 12.1. The van der Waals surface area contributed by atoms with Crippen molar-refractivity contribution in [1.82, 2.24) is 20.5 Å². The Bertz CT molecular complexity index is 519. The molecule has 2 unspecified atom stereocenters. The van der Waals surface area contributed by atoms with E-state index in [0.717, 1.165) is 19.4 Å². The Morgan fingerprint density at radius 3 is 2.95 bits per heavy atom. The monoisotopic (exact) mass is 312 g/mol. The van der Waals surface area contributed by atoms with Gasteiger partial charge in [0.05, 0.1) is 6.54 Å². The van der Waals surface area contributed by atoms with Crippen LogP contribution < -0.4 is 10.6 Å². The highest BCUT2D eigenvalue weighted by Gasteiger charge is 2.23. The van der Waals surface area contributed by atoms with Gasteiger partial charge in [0.2, 0.25) is 0 Å². The smallest absolute Gasteiger partial charge is 0.355 e. The first kappa shape index (κ1) is 15.7. The molecule has 1 fully saturated rings. The van der Waals surface area contributed by atoms with Gasteiger partial charge in [-0.1, -0.05) is 0 Å². The molecule has 1 aromatic heterocycles. The molecular weight excluding hydrogens is 292 g/mol. The molecule has 8 heteroatoms. The number of urea groups is 1. The molecule has 2 rings (SSSR count). The molecule has 1 aliphatic rings. The summed E-state index contributed by atoms with van der Waals surface area (Å²) in [4.78, 5) is 28.7. The van der Waals surface area contributed by atoms with E-state index in [2.05, 4.69) is 34.5 Å². The molecule has 21 heavy (non-hydrogen) atoms. The van der Waals surface area contributed by atoms with E-state index < -0.39 is 5.97 Å². The van der Waals surface area contributed by atoms with Gasteiger partial charge in [-0.05, 0) is 26.8 Å². The largest absolute Gasteiger partial charge is 0.476 e. The standard InChI is InChI=1S/C13H20N4O3S/c1-8-5-9(3-4-17(8)2)15-13(20)14-6-11-16-10(7-21-11)12(18)19/h7-9H,3-6H2,1-2H3,(H,18,19)(H2,14,15,20). The summed E-state index contributed by atoms with van der Waals surface area (Å²) in [5.74, 6) is -1.05. The van der Waals surface area contributed by atoms with Crippen molar-refractivity contribution in [3.05, 3.63) is 16.1 Å². The zero-order valence-corrected chi connectivity index (χ0v) is 12.9. The summed E-state index contributed by atoms with van der Waals surface area (Å²) < 4.78 is 0. The fourth-order valence-corrected chi connectivity index (χ4v) is 3.01. The van der Waals surface area contributed by atoms with E-state index in [1.165, 1.54) is 16.7 Å². The molecule has 2 atom stereocenters. The number of carbonyl (C=O) groups excluding carboxylic acids is 1. The van der Waals surface area contributed by atoms with Crippen LogP contribution in [-0.2, 0) is 6.54 Å². The van der Waals surface area contributed by atoms with Crippen molar-refractivity contribution < 1.29 is 14.7 Å². The van der Waals surface area contributed by atoms with Crippen LogP contribution in [0, 0.1) is 0 Å². The maximum atomic E-state index is 11.8. The zero-order chi connectivity index (χ0) is 15.4. The van der Waals surface area contributed by atoms with Gasteiger partial charge in [-0.2, -0.15) is 0 Å². The molecule has 0 aliphatic carbocycles. The van der Waals surface area contributed by atoms with Crippen LogP contribution in [0.25, 0.3) is 0 Å². The third-order valence-electron chi connectivity index (χ3n) is 3.71. The van der Waals surface area contributed by atoms with Crippen molar-refractivity contribution in [3.8, 4) is 0 Å². The van der Waals surface area contributed by atoms with Crippen molar-refractivity contribution in [1.29, 1.82) is 0 Å². The first-order valence-electron chi connectivity index (χ1n) is 6.88. The maximum absolute atomic E-state index is 11.8. The lowest BCUT2D eigenvalue weighted by Gasteiger charge is -2.35. The molecule has 0 radical (unpaired) electrons. The van der Waals surface area contributed by atoms with Crippen LogP contribution in [0.1, 0.15) is 35.3 Å². The summed E-state index contributed by atoms with van der Waals surface area (Å²) in [7, 11) is 2.09. The van der Waals surface area contributed by atoms with Gasteiger partial charge in [0.25, 0.3) is 0 Å². The Balaban J connectivity index is 1.75. The van der Waals surface area contributed by atoms with Crippen LogP contribution >= 0.6 is 11.3 Å². The third-order valence-corrected chi connectivity index (χ3v) is 4.56. The second-order valence-corrected chi connectivity index (χ2v) is 6.25. The number of rotatable bonds is 4. The average molecular weight is 312 g/mol. The number of nitrogens with zero attached hydrogens (tertiary/aromatic N) is 2. The highest BCUT2D eigenvalue weighted by Crippen LogP contribution is 2.15. The third kappa shape index (κ3) is 4.40. The minimum atomic E-state index is -1.05. The topological polar surface area (TPSA) is 94.6 Å². The summed E-state index contributed by atoms with van der Waals surface area (Å²) in [6, 6.07) is 0.409. The number of carbonyl (C=O) groups is 2. The fraction of sp³-hybridized carbons (Fsp3) is 0.615. The van der Waals surface area contributed by atoms with Crippen molar-refractivity contribution >= 4 is 23.3 Å². The number of carboxylic acids is 1. The van der Waals surface area contributed by atoms with Gasteiger partial charge in [0.15, 0.2) is 5.69 Å². The Kier molecular flexibility index (Phi) is 5.13. The molecule has 1 aliphatic heterocycles. The van der Waals surface area contributed by atoms with Crippen molar-refractivity contribution in [3.63, 3.8) is 0 Å². The summed E-state index contributed by atoms with van der Waals surface area (Å²) in [5, 5.41) is 16.5. The first-order chi connectivity index (χ1) is 9.95. The van der Waals surface area contributed by atoms with Gasteiger partial charge < -0.3 is 20.6 Å². The SMILES string of the molecule is CC1CC(NC(=O)NCc2nc(C(=O)O)cs2)CCN1C. The molecule has 1 aromatic rings. The van der Waals surface area contributed by atoms with Crippen LogP contribution in [0.3, 0.4) is 0 Å². The molecule has 2 heterocycles. The van der Waals surface area contributed by atoms with Crippen molar-refractivity contribution in [2.75, 3.05) is 13.6 Å². The number of carboxylic acid groups (broad SMARTS) is 1. The highest BCUT2D eigenvalue weighted by atomic mass is 32.1. The molecular formula is C13H20N4O3S. The van der Waals surface area contributed by atoms with E-state index in [0.29, 0.717) is 11.0 Å². The maximum Gasteiger partial charge on any atom is 0.355 e. The van der Waals surface area contributed by atoms with Gasteiger partial charge in [-0.25, -0.2) is 14.6 Å². The number of hydrogen-bond donors (Lipinski definition) is 3. The normalized spacial score (nSPS) is 22.8. The number of amides is 2. The van der Waals surface area contributed by atoms with Crippen molar-refractivity contribution in [2.24, 2.45) is 0 Å². The van der Waals surface area contributed by atoms with E-state index in [4.69, 9.17) is 5.11 Å². The van der Waals surface area contributed by atoms with E-state index in [1.807, 2.05) is 0 Å². The number of aromatic nitrogens is 1. The molecule has 116 valence electrons. The van der Waals surface area contributed by atoms with Crippen LogP contribution in [0.4, 0.5) is 4.79 Å². The summed E-state index contributed by atoms with van der Waals surface area (Å²) >= 11 is 1.23. The summed E-state index contributed by atoms with van der Waals surface area (Å²) in [6.07, 6.45) is 1.87. The van der Waals surface area contributed by atoms with Crippen LogP contribution in [0.15, 0.2) is 5.38 Å². The minimum absolute atomic E-state index is 0.0151. The number of nitrogens with one attached hydrogen (secondary N) is 2. The highest BCUT2D eigenvalue weighted by molar-refractivity contribution is 7.09. The first-order valence-corrected chi connectivity index (χ1v) is 7.76. The van der Waals surface area contributed by atoms with E-state index in [-0.39, 0.29) is 24.3 Å². The minimum Gasteiger partial charge on any atom is -0.476 e. The quantitative estimate of drug-likeness (QED) is 0.774. The number of hydrogen-bond acceptors (Lipinski definition) is 5. The van der Waals surface area contributed by atoms with Gasteiger partial charge in [-0.15, -0.1) is 11.3 Å². The Morgan fingerprint density at radius 2 is 2.33 bits per heavy atom. The molecule has 3 N–H and O–H groups in total. The number of thiazole rings is 1. The van der Waals surface area contributed by atoms with E-state index >= 15 is 0 Å². The van der Waals surface area contributed by atoms with Crippen molar-refractivity contribution in [2.45, 2.75) is 38.4 Å². The average Bonchev–Trinajstić information content (AvgIpc) is 2.90. The molecule has 2 amide bonds. The Morgan fingerprint density at radius 1 is 1.57 bits per heavy atom. The number of aromatic carboxylic acids is 1. The molecule has 0 aromatic carbocycles.